The van der Waals surface area contributed by atoms with Crippen LogP contribution in [0.2, 0.25) is 0 Å². The molecule has 0 aromatic heterocycles. The lowest BCUT2D eigenvalue weighted by molar-refractivity contribution is -0.263. The SMILES string of the molecule is CC(C)C(=O)OOC(=O)C(C)C.CC(C)CC(C)(C)CC(=O)OOC(=O)CC(C)(C)CC(C)C. The van der Waals surface area contributed by atoms with Crippen molar-refractivity contribution in [3.63, 3.8) is 0 Å². The molecule has 0 heterocycles. The number of hydrogen-bond acceptors (Lipinski definition) is 8. The molecule has 34 heavy (non-hydrogen) atoms. The second kappa shape index (κ2) is 15.7. The summed E-state index contributed by atoms with van der Waals surface area (Å²) in [6, 6.07) is 0. The first kappa shape index (κ1) is 34.0. The molecule has 0 radical (unpaired) electrons. The minimum Gasteiger partial charge on any atom is -0.247 e. The maximum absolute atomic E-state index is 11.8. The molecule has 0 aliphatic heterocycles. The highest BCUT2D eigenvalue weighted by atomic mass is 17.2. The van der Waals surface area contributed by atoms with Gasteiger partial charge in [-0.15, -0.1) is 0 Å². The lowest BCUT2D eigenvalue weighted by Gasteiger charge is -2.26. The predicted octanol–water partition coefficient (Wildman–Crippen LogP) is 6.21. The van der Waals surface area contributed by atoms with E-state index in [1.165, 1.54) is 0 Å². The van der Waals surface area contributed by atoms with Gasteiger partial charge in [-0.1, -0.05) is 83.1 Å². The van der Waals surface area contributed by atoms with Gasteiger partial charge >= 0.3 is 23.9 Å². The molecule has 0 N–H and O–H groups in total. The van der Waals surface area contributed by atoms with E-state index in [-0.39, 0.29) is 35.5 Å². The molecule has 0 unspecified atom stereocenters. The second-order valence-corrected chi connectivity index (χ2v) is 11.9. The topological polar surface area (TPSA) is 105 Å². The molecule has 0 amide bonds. The highest BCUT2D eigenvalue weighted by molar-refractivity contribution is 5.75. The standard InChI is InChI=1S/C18H34O4.C8H14O4/c1-13(2)9-17(5,6)11-15(19)21-22-16(20)12-18(7,8)10-14(3)4;1-5(2)7(9)11-12-8(10)6(3)4/h13-14H,9-12H2,1-8H3;5-6H,1-4H3. The maximum atomic E-state index is 11.8. The Balaban J connectivity index is 0. The Morgan fingerprint density at radius 3 is 1.00 bits per heavy atom. The molecule has 0 rings (SSSR count). The van der Waals surface area contributed by atoms with Crippen LogP contribution in [0.15, 0.2) is 0 Å². The molecular weight excluding hydrogens is 440 g/mol. The van der Waals surface area contributed by atoms with Gasteiger partial charge in [0.2, 0.25) is 0 Å². The quantitative estimate of drug-likeness (QED) is 0.264. The molecule has 8 heteroatoms. The van der Waals surface area contributed by atoms with Crippen LogP contribution in [0.1, 0.15) is 109 Å². The van der Waals surface area contributed by atoms with E-state index in [2.05, 4.69) is 47.2 Å². The zero-order chi connectivity index (χ0) is 27.3. The van der Waals surface area contributed by atoms with Crippen LogP contribution in [0.25, 0.3) is 0 Å². The van der Waals surface area contributed by atoms with Gasteiger partial charge in [-0.3, -0.25) is 0 Å². The number of rotatable bonds is 10. The van der Waals surface area contributed by atoms with Gasteiger partial charge in [0.25, 0.3) is 0 Å². The van der Waals surface area contributed by atoms with E-state index in [1.807, 2.05) is 27.7 Å². The van der Waals surface area contributed by atoms with Crippen LogP contribution in [-0.4, -0.2) is 23.9 Å². The Morgan fingerprint density at radius 1 is 0.529 bits per heavy atom. The average Bonchev–Trinajstić information content (AvgIpc) is 2.61. The number of carbonyl (C=O) groups excluding carboxylic acids is 4. The zero-order valence-corrected chi connectivity index (χ0v) is 23.4. The molecule has 0 aromatic rings. The van der Waals surface area contributed by atoms with E-state index in [0.717, 1.165) is 12.8 Å². The number of carbonyl (C=O) groups is 4. The highest BCUT2D eigenvalue weighted by Crippen LogP contribution is 2.31. The number of hydrogen-bond donors (Lipinski definition) is 0. The van der Waals surface area contributed by atoms with E-state index >= 15 is 0 Å². The van der Waals surface area contributed by atoms with Crippen molar-refractivity contribution < 1.29 is 38.7 Å². The fourth-order valence-corrected chi connectivity index (χ4v) is 3.56. The third-order valence-electron chi connectivity index (χ3n) is 4.54. The Hall–Kier alpha value is -2.12. The van der Waals surface area contributed by atoms with Gasteiger partial charge in [-0.25, -0.2) is 38.7 Å². The molecule has 8 nitrogen and oxygen atoms in total. The second-order valence-electron chi connectivity index (χ2n) is 11.9. The molecular formula is C26H48O8. The average molecular weight is 489 g/mol. The summed E-state index contributed by atoms with van der Waals surface area (Å²) < 4.78 is 0. The van der Waals surface area contributed by atoms with Crippen LogP contribution in [-0.2, 0) is 38.7 Å². The van der Waals surface area contributed by atoms with Crippen LogP contribution in [0.5, 0.6) is 0 Å². The Labute approximate surface area is 206 Å². The summed E-state index contributed by atoms with van der Waals surface area (Å²) >= 11 is 0. The molecule has 0 aromatic carbocycles. The molecule has 0 saturated carbocycles. The molecule has 0 spiro atoms. The largest absolute Gasteiger partial charge is 0.358 e. The van der Waals surface area contributed by atoms with Crippen molar-refractivity contribution in [2.24, 2.45) is 34.5 Å². The van der Waals surface area contributed by atoms with E-state index in [0.29, 0.717) is 11.8 Å². The van der Waals surface area contributed by atoms with Gasteiger partial charge in [0, 0.05) is 0 Å². The summed E-state index contributed by atoms with van der Waals surface area (Å²) in [6.45, 7) is 23.2. The van der Waals surface area contributed by atoms with Crippen LogP contribution in [0.4, 0.5) is 0 Å². The van der Waals surface area contributed by atoms with E-state index in [1.54, 1.807) is 27.7 Å². The Kier molecular flexibility index (Phi) is 15.7. The fraction of sp³-hybridized carbons (Fsp3) is 0.846. The van der Waals surface area contributed by atoms with E-state index in [4.69, 9.17) is 0 Å². The lowest BCUT2D eigenvalue weighted by atomic mass is 9.81. The summed E-state index contributed by atoms with van der Waals surface area (Å²) in [5, 5.41) is 0. The van der Waals surface area contributed by atoms with E-state index in [9.17, 15) is 19.2 Å². The summed E-state index contributed by atoms with van der Waals surface area (Å²) in [4.78, 5) is 63.0. The third kappa shape index (κ3) is 19.4. The van der Waals surface area contributed by atoms with Crippen LogP contribution >= 0.6 is 0 Å². The Bertz CT molecular complexity index is 589. The van der Waals surface area contributed by atoms with Gasteiger partial charge in [-0.05, 0) is 35.5 Å². The van der Waals surface area contributed by atoms with E-state index < -0.39 is 23.9 Å². The summed E-state index contributed by atoms with van der Waals surface area (Å²) in [6.07, 6.45) is 2.32. The van der Waals surface area contributed by atoms with Crippen LogP contribution in [0, 0.1) is 34.5 Å². The van der Waals surface area contributed by atoms with Crippen molar-refractivity contribution in [2.75, 3.05) is 0 Å². The van der Waals surface area contributed by atoms with Crippen molar-refractivity contribution >= 4 is 23.9 Å². The molecule has 0 saturated heterocycles. The van der Waals surface area contributed by atoms with Crippen molar-refractivity contribution in [2.45, 2.75) is 109 Å². The minimum absolute atomic E-state index is 0.158. The molecule has 0 fully saturated rings. The van der Waals surface area contributed by atoms with Crippen molar-refractivity contribution in [3.05, 3.63) is 0 Å². The smallest absolute Gasteiger partial charge is 0.247 e. The molecule has 0 aliphatic carbocycles. The predicted molar refractivity (Wildman–Crippen MR) is 130 cm³/mol. The first-order valence-corrected chi connectivity index (χ1v) is 12.1. The first-order valence-electron chi connectivity index (χ1n) is 12.1. The van der Waals surface area contributed by atoms with Gasteiger partial charge in [-0.2, -0.15) is 0 Å². The molecule has 0 bridgehead atoms. The third-order valence-corrected chi connectivity index (χ3v) is 4.54. The molecule has 0 aliphatic rings. The molecule has 0 atom stereocenters. The molecule has 200 valence electrons. The van der Waals surface area contributed by atoms with Crippen LogP contribution < -0.4 is 0 Å². The normalized spacial score (nSPS) is 11.8. The summed E-state index contributed by atoms with van der Waals surface area (Å²) in [7, 11) is 0. The van der Waals surface area contributed by atoms with Gasteiger partial charge in [0.1, 0.15) is 0 Å². The van der Waals surface area contributed by atoms with Crippen molar-refractivity contribution in [1.29, 1.82) is 0 Å². The van der Waals surface area contributed by atoms with Crippen molar-refractivity contribution in [3.8, 4) is 0 Å². The zero-order valence-electron chi connectivity index (χ0n) is 23.4. The van der Waals surface area contributed by atoms with Gasteiger partial charge in [0.05, 0.1) is 24.7 Å². The summed E-state index contributed by atoms with van der Waals surface area (Å²) in [5.41, 5.74) is -0.316. The highest BCUT2D eigenvalue weighted by Gasteiger charge is 2.28. The Morgan fingerprint density at radius 2 is 0.794 bits per heavy atom. The lowest BCUT2D eigenvalue weighted by Crippen LogP contribution is -2.24. The summed E-state index contributed by atoms with van der Waals surface area (Å²) in [5.74, 6) is -1.62. The fourth-order valence-electron chi connectivity index (χ4n) is 3.56. The monoisotopic (exact) mass is 488 g/mol. The minimum atomic E-state index is -0.538. The maximum Gasteiger partial charge on any atom is 0.358 e. The van der Waals surface area contributed by atoms with Crippen molar-refractivity contribution in [1.82, 2.24) is 0 Å². The first-order chi connectivity index (χ1) is 15.3. The van der Waals surface area contributed by atoms with Gasteiger partial charge in [0.15, 0.2) is 0 Å². The van der Waals surface area contributed by atoms with Crippen LogP contribution in [0.3, 0.4) is 0 Å². The van der Waals surface area contributed by atoms with Gasteiger partial charge < -0.3 is 0 Å².